The van der Waals surface area contributed by atoms with Gasteiger partial charge in [-0.2, -0.15) is 17.6 Å². The van der Waals surface area contributed by atoms with Crippen molar-refractivity contribution in [2.24, 2.45) is 35.5 Å². The SMILES string of the molecule is CO.COC(=O)CCCCCC[C@@H]1[C@@H](/C=C/C(=O)C(F)(F)c2ccccc2)[C@H](OC2CCCCO2)C[C@@H]1OC(C)=O.COC(=O)CCCCCC[C@@H]1[C@@H](C=O)[C@H](C)C[C@@H]1C.COP(C)CC(=O)C(F)(F)c1ccccc1.O=O.[H-].[Li+]. The van der Waals surface area contributed by atoms with Crippen molar-refractivity contribution >= 4 is 43.9 Å². The number of methoxy groups -OCH3 is 2. The van der Waals surface area contributed by atoms with Gasteiger partial charge in [-0.25, -0.2) is 0 Å². The molecule has 0 spiro atoms. The van der Waals surface area contributed by atoms with E-state index in [0.717, 1.165) is 77.4 Å². The van der Waals surface area contributed by atoms with Crippen LogP contribution in [-0.4, -0.2) is 107 Å². The van der Waals surface area contributed by atoms with Gasteiger partial charge < -0.3 is 39.5 Å². The topological polar surface area (TPSA) is 212 Å². The molecule has 3 fully saturated rings. The van der Waals surface area contributed by atoms with Crippen LogP contribution in [0.1, 0.15) is 142 Å². The summed E-state index contributed by atoms with van der Waals surface area (Å²) in [6, 6.07) is 14.1. The van der Waals surface area contributed by atoms with E-state index in [1.807, 2.05) is 0 Å². The standard InChI is InChI=1S/C30H40F2O7.C16H28O3.C11H13F2O2P.CH4O.Li.O2.H/c1-21(33)38-25-20-26(39-29-16-10-11-19-37-29)24(23(25)14-8-3-4-9-15-28(35)36-2)17-18-27(34)30(31,32)22-12-6-5-7-13-22;1-12-10-13(2)15(11-17)14(12)8-6-4-5-7-9-16(18)19-3;1-15-16(2)8-10(14)11(12,13)9-6-4-3-5-7-9;1-2;;1-2;/h5-7,12-13,17-18,23-26,29H,3-4,8-11,14-16,19-20H2,1-2H3;11-15H,4-10H2,1-3H3;3-7H,8H2,1-2H3;2H,1H3;;;/q;;;;+1;;-1/b18-17+;;;;;;/t23-,24-,25+,26-,29?;12-,13+,14-,15-;;;;;/m10...../s1. The van der Waals surface area contributed by atoms with Gasteiger partial charge in [0, 0.05) is 94.0 Å². The van der Waals surface area contributed by atoms with Gasteiger partial charge in [-0.1, -0.05) is 119 Å². The van der Waals surface area contributed by atoms with Gasteiger partial charge in [0.2, 0.25) is 11.6 Å². The van der Waals surface area contributed by atoms with Crippen molar-refractivity contribution in [3.05, 3.63) is 93.9 Å². The second kappa shape index (κ2) is 41.7. The van der Waals surface area contributed by atoms with Crippen molar-refractivity contribution in [3.8, 4) is 0 Å². The van der Waals surface area contributed by atoms with E-state index in [-0.39, 0.29) is 61.4 Å². The molecule has 1 aliphatic heterocycles. The minimum Gasteiger partial charge on any atom is -1.00 e. The van der Waals surface area contributed by atoms with Gasteiger partial charge in [0.25, 0.3) is 0 Å². The van der Waals surface area contributed by atoms with Gasteiger partial charge in [0.05, 0.1) is 26.5 Å². The molecule has 1 heterocycles. The number of allylic oxidation sites excluding steroid dienone is 1. The summed E-state index contributed by atoms with van der Waals surface area (Å²) in [6.45, 7) is 8.06. The molecule has 2 unspecified atom stereocenters. The molecule has 2 aliphatic carbocycles. The third kappa shape index (κ3) is 26.9. The number of carbonyl (C=O) groups is 6. The molecule has 3 aliphatic rings. The van der Waals surface area contributed by atoms with Crippen molar-refractivity contribution in [1.29, 1.82) is 0 Å². The molecule has 2 aromatic carbocycles. The molecule has 5 rings (SSSR count). The predicted octanol–water partition coefficient (Wildman–Crippen LogP) is 9.32. The van der Waals surface area contributed by atoms with Gasteiger partial charge in [0.1, 0.15) is 12.4 Å². The third-order valence-electron chi connectivity index (χ3n) is 14.3. The number of ether oxygens (including phenoxy) is 5. The molecule has 1 saturated heterocycles. The number of benzene rings is 2. The number of halogens is 4. The summed E-state index contributed by atoms with van der Waals surface area (Å²) in [7, 11) is 4.11. The normalized spacial score (nSPS) is 22.7. The first-order valence-corrected chi connectivity index (χ1v) is 28.7. The Morgan fingerprint density at radius 1 is 0.709 bits per heavy atom. The van der Waals surface area contributed by atoms with Crippen LogP contribution in [0.15, 0.2) is 72.8 Å². The Morgan fingerprint density at radius 2 is 1.22 bits per heavy atom. The molecule has 0 bridgehead atoms. The van der Waals surface area contributed by atoms with E-state index in [9.17, 15) is 46.3 Å². The zero-order valence-corrected chi connectivity index (χ0v) is 48.7. The Kier molecular flexibility index (Phi) is 39.5. The van der Waals surface area contributed by atoms with E-state index in [4.69, 9.17) is 33.8 Å². The molecule has 1 N–H and O–H groups in total. The summed E-state index contributed by atoms with van der Waals surface area (Å²) in [4.78, 5) is 83.5. The number of aliphatic hydroxyl groups is 1. The van der Waals surface area contributed by atoms with Crippen molar-refractivity contribution in [3.63, 3.8) is 0 Å². The third-order valence-corrected chi connectivity index (χ3v) is 15.7. The van der Waals surface area contributed by atoms with Gasteiger partial charge in [0.15, 0.2) is 6.29 Å². The first-order chi connectivity index (χ1) is 37.3. The smallest absolute Gasteiger partial charge is 1.00 e. The number of aliphatic hydroxyl groups excluding tert-OH is 1. The molecule has 79 heavy (non-hydrogen) atoms. The molecular weight excluding hydrogens is 1050 g/mol. The summed E-state index contributed by atoms with van der Waals surface area (Å²) >= 11 is 0. The number of Topliss-reactive ketones (excluding diaryl/α,β-unsaturated/α-hetero) is 1. The Balaban J connectivity index is 0. The minimum atomic E-state index is -3.66. The Bertz CT molecular complexity index is 2060. The second-order valence-corrected chi connectivity index (χ2v) is 21.7. The maximum Gasteiger partial charge on any atom is 1.00 e. The molecule has 10 atom stereocenters. The van der Waals surface area contributed by atoms with Crippen LogP contribution in [-0.2, 0) is 68.8 Å². The molecular formula is C58H86F4LiO15P. The number of hydrogen-bond acceptors (Lipinski definition) is 15. The van der Waals surface area contributed by atoms with Crippen LogP contribution >= 0.6 is 8.15 Å². The Morgan fingerprint density at radius 3 is 1.68 bits per heavy atom. The first kappa shape index (κ1) is 74.8. The molecule has 2 saturated carbocycles. The fourth-order valence-electron chi connectivity index (χ4n) is 10.1. The van der Waals surface area contributed by atoms with Crippen LogP contribution in [0.3, 0.4) is 0 Å². The summed E-state index contributed by atoms with van der Waals surface area (Å²) in [6.07, 6.45) is 16.5. The van der Waals surface area contributed by atoms with E-state index in [1.165, 1.54) is 102 Å². The van der Waals surface area contributed by atoms with Crippen LogP contribution in [0.5, 0.6) is 0 Å². The Hall–Kier alpha value is -4.21. The largest absolute Gasteiger partial charge is 1.00 e. The summed E-state index contributed by atoms with van der Waals surface area (Å²) < 4.78 is 88.9. The maximum absolute atomic E-state index is 14.9. The van der Waals surface area contributed by atoms with E-state index in [2.05, 4.69) is 23.3 Å². The summed E-state index contributed by atoms with van der Waals surface area (Å²) in [5.74, 6) is -8.80. The fourth-order valence-corrected chi connectivity index (χ4v) is 10.9. The number of hydrogen-bond donors (Lipinski definition) is 1. The second-order valence-electron chi connectivity index (χ2n) is 19.7. The molecule has 0 radical (unpaired) electrons. The van der Waals surface area contributed by atoms with E-state index in [0.29, 0.717) is 56.5 Å². The zero-order valence-electron chi connectivity index (χ0n) is 48.8. The number of ketones is 2. The van der Waals surface area contributed by atoms with Crippen LogP contribution < -0.4 is 18.9 Å². The van der Waals surface area contributed by atoms with Gasteiger partial charge in [-0.15, -0.1) is 0 Å². The quantitative estimate of drug-likeness (QED) is 0.0129. The van der Waals surface area contributed by atoms with Gasteiger partial charge >= 0.3 is 48.6 Å². The number of aldehydes is 1. The van der Waals surface area contributed by atoms with Crippen molar-refractivity contribution in [1.82, 2.24) is 0 Å². The molecule has 442 valence electrons. The summed E-state index contributed by atoms with van der Waals surface area (Å²) in [5, 5.41) is 7.00. The molecule has 21 heteroatoms. The van der Waals surface area contributed by atoms with Crippen LogP contribution in [0.2, 0.25) is 0 Å². The number of esters is 3. The van der Waals surface area contributed by atoms with E-state index >= 15 is 0 Å². The minimum absolute atomic E-state index is 0. The van der Waals surface area contributed by atoms with E-state index < -0.39 is 61.9 Å². The van der Waals surface area contributed by atoms with Crippen LogP contribution in [0.4, 0.5) is 17.6 Å². The number of alkyl halides is 4. The number of carbonyl (C=O) groups excluding carboxylic acids is 6. The summed E-state index contributed by atoms with van der Waals surface area (Å²) in [5.41, 5.74) is -0.629. The van der Waals surface area contributed by atoms with Gasteiger partial charge in [-0.05, 0) is 81.9 Å². The zero-order chi connectivity index (χ0) is 58.7. The maximum atomic E-state index is 14.9. The molecule has 15 nitrogen and oxygen atoms in total. The average Bonchev–Trinajstić information content (AvgIpc) is 3.91. The van der Waals surface area contributed by atoms with Crippen LogP contribution in [0.25, 0.3) is 0 Å². The number of rotatable bonds is 27. The van der Waals surface area contributed by atoms with Crippen LogP contribution in [0, 0.1) is 45.4 Å². The fraction of sp³-hybridized carbons (Fsp3) is 0.655. The molecule has 0 amide bonds. The van der Waals surface area contributed by atoms with Crippen molar-refractivity contribution < 1.29 is 99.9 Å². The predicted molar refractivity (Wildman–Crippen MR) is 292 cm³/mol. The van der Waals surface area contributed by atoms with E-state index in [1.54, 1.807) is 18.8 Å². The molecule has 2 aromatic rings. The van der Waals surface area contributed by atoms with Crippen molar-refractivity contribution in [2.45, 2.75) is 160 Å². The first-order valence-electron chi connectivity index (χ1n) is 26.8. The monoisotopic (exact) mass is 1140 g/mol. The molecule has 0 aromatic heterocycles. The average molecular weight is 1140 g/mol. The Labute approximate surface area is 479 Å². The van der Waals surface area contributed by atoms with Crippen molar-refractivity contribution in [2.75, 3.05) is 47.9 Å². The number of unbranched alkanes of at least 4 members (excludes halogenated alkanes) is 6. The van der Waals surface area contributed by atoms with Gasteiger partial charge in [-0.3, -0.25) is 24.0 Å².